The normalized spacial score (nSPS) is 12.2. The lowest BCUT2D eigenvalue weighted by Crippen LogP contribution is -2.11. The highest BCUT2D eigenvalue weighted by Crippen LogP contribution is 2.38. The predicted molar refractivity (Wildman–Crippen MR) is 77.3 cm³/mol. The first kappa shape index (κ1) is 17.8. The summed E-state index contributed by atoms with van der Waals surface area (Å²) in [6, 6.07) is 5.44. The highest BCUT2D eigenvalue weighted by Gasteiger charge is 2.37. The van der Waals surface area contributed by atoms with Crippen LogP contribution in [0, 0.1) is 6.20 Å². The van der Waals surface area contributed by atoms with Crippen molar-refractivity contribution in [2.45, 2.75) is 12.4 Å². The van der Waals surface area contributed by atoms with E-state index in [9.17, 15) is 26.3 Å². The third-order valence-electron chi connectivity index (χ3n) is 3.36. The fourth-order valence-electron chi connectivity index (χ4n) is 2.14. The summed E-state index contributed by atoms with van der Waals surface area (Å²) in [6.07, 6.45) is -5.94. The van der Waals surface area contributed by atoms with Gasteiger partial charge in [-0.25, -0.2) is 0 Å². The quantitative estimate of drug-likeness (QED) is 0.627. The van der Waals surface area contributed by atoms with Crippen molar-refractivity contribution in [3.63, 3.8) is 0 Å². The fourth-order valence-corrected chi connectivity index (χ4v) is 2.14. The predicted octanol–water partition coefficient (Wildman–Crippen LogP) is 4.44. The van der Waals surface area contributed by atoms with Crippen LogP contribution in [0.5, 0.6) is 0 Å². The minimum atomic E-state index is -4.93. The SMILES string of the molecule is FC(F)(F)c1cc(-c2ccc(-c3[c]nncc3)nn2)cc(C(F)(F)F)c1. The molecule has 0 aliphatic heterocycles. The van der Waals surface area contributed by atoms with Crippen molar-refractivity contribution < 1.29 is 26.3 Å². The Hall–Kier alpha value is -3.04. The molecule has 0 aliphatic carbocycles. The van der Waals surface area contributed by atoms with Gasteiger partial charge >= 0.3 is 12.4 Å². The van der Waals surface area contributed by atoms with E-state index in [1.165, 1.54) is 24.4 Å². The van der Waals surface area contributed by atoms with Gasteiger partial charge in [0.05, 0.1) is 28.7 Å². The molecular weight excluding hydrogens is 362 g/mol. The van der Waals surface area contributed by atoms with Crippen molar-refractivity contribution in [1.29, 1.82) is 0 Å². The van der Waals surface area contributed by atoms with Crippen LogP contribution in [0.2, 0.25) is 0 Å². The maximum atomic E-state index is 12.9. The Morgan fingerprint density at radius 3 is 1.77 bits per heavy atom. The molecule has 0 bridgehead atoms. The zero-order valence-corrected chi connectivity index (χ0v) is 12.6. The minimum Gasteiger partial charge on any atom is -0.166 e. The van der Waals surface area contributed by atoms with Crippen molar-refractivity contribution in [2.75, 3.05) is 0 Å². The van der Waals surface area contributed by atoms with E-state index in [2.05, 4.69) is 26.6 Å². The molecule has 0 saturated carbocycles. The molecule has 0 amide bonds. The largest absolute Gasteiger partial charge is 0.416 e. The van der Waals surface area contributed by atoms with E-state index < -0.39 is 23.5 Å². The second kappa shape index (κ2) is 6.36. The molecule has 26 heavy (non-hydrogen) atoms. The van der Waals surface area contributed by atoms with Gasteiger partial charge in [0, 0.05) is 11.1 Å². The summed E-state index contributed by atoms with van der Waals surface area (Å²) in [4.78, 5) is 0. The van der Waals surface area contributed by atoms with Crippen LogP contribution in [0.25, 0.3) is 22.5 Å². The number of nitrogens with zero attached hydrogens (tertiary/aromatic N) is 4. The Kier molecular flexibility index (Phi) is 4.34. The first-order valence-corrected chi connectivity index (χ1v) is 6.98. The van der Waals surface area contributed by atoms with Crippen molar-refractivity contribution >= 4 is 0 Å². The standard InChI is InChI=1S/C16H7F6N4/c17-15(18,19)11-5-10(6-12(7-11)16(20,21)22)14-2-1-13(25-26-14)9-3-4-23-24-8-9/h1-7H. The van der Waals surface area contributed by atoms with Gasteiger partial charge in [-0.15, -0.1) is 15.3 Å². The first-order chi connectivity index (χ1) is 12.1. The van der Waals surface area contributed by atoms with Crippen LogP contribution in [-0.2, 0) is 12.4 Å². The number of hydrogen-bond acceptors (Lipinski definition) is 4. The van der Waals surface area contributed by atoms with E-state index in [0.717, 1.165) is 0 Å². The molecule has 3 aromatic rings. The summed E-state index contributed by atoms with van der Waals surface area (Å²) in [5, 5.41) is 14.6. The van der Waals surface area contributed by atoms with Crippen LogP contribution in [0.15, 0.2) is 42.6 Å². The molecule has 0 aliphatic rings. The van der Waals surface area contributed by atoms with E-state index in [1.807, 2.05) is 0 Å². The zero-order chi connectivity index (χ0) is 18.9. The minimum absolute atomic E-state index is 0.0584. The molecule has 2 aromatic heterocycles. The summed E-state index contributed by atoms with van der Waals surface area (Å²) >= 11 is 0. The lowest BCUT2D eigenvalue weighted by Gasteiger charge is -2.14. The van der Waals surface area contributed by atoms with Crippen molar-refractivity contribution in [2.24, 2.45) is 0 Å². The molecule has 1 aromatic carbocycles. The van der Waals surface area contributed by atoms with Gasteiger partial charge in [0.25, 0.3) is 0 Å². The Bertz CT molecular complexity index is 873. The third-order valence-corrected chi connectivity index (χ3v) is 3.36. The number of hydrogen-bond donors (Lipinski definition) is 0. The smallest absolute Gasteiger partial charge is 0.166 e. The summed E-state index contributed by atoms with van der Waals surface area (Å²) in [5.41, 5.74) is -2.58. The second-order valence-corrected chi connectivity index (χ2v) is 5.16. The van der Waals surface area contributed by atoms with Gasteiger partial charge in [0.2, 0.25) is 0 Å². The number of aromatic nitrogens is 4. The number of benzene rings is 1. The molecule has 1 radical (unpaired) electrons. The summed E-state index contributed by atoms with van der Waals surface area (Å²) < 4.78 is 77.5. The molecule has 0 spiro atoms. The molecular formula is C16H7F6N4. The van der Waals surface area contributed by atoms with Gasteiger partial charge in [-0.1, -0.05) is 0 Å². The van der Waals surface area contributed by atoms with Crippen molar-refractivity contribution in [3.05, 3.63) is 59.9 Å². The van der Waals surface area contributed by atoms with Gasteiger partial charge in [-0.05, 0) is 36.4 Å². The monoisotopic (exact) mass is 369 g/mol. The van der Waals surface area contributed by atoms with Crippen LogP contribution in [0.3, 0.4) is 0 Å². The van der Waals surface area contributed by atoms with E-state index in [4.69, 9.17) is 0 Å². The van der Waals surface area contributed by atoms with Crippen LogP contribution < -0.4 is 0 Å². The zero-order valence-electron chi connectivity index (χ0n) is 12.6. The Labute approximate surface area is 142 Å². The van der Waals surface area contributed by atoms with Gasteiger partial charge in [-0.3, -0.25) is 0 Å². The van der Waals surface area contributed by atoms with Gasteiger partial charge in [0.15, 0.2) is 0 Å². The van der Waals surface area contributed by atoms with E-state index >= 15 is 0 Å². The van der Waals surface area contributed by atoms with Gasteiger partial charge < -0.3 is 0 Å². The summed E-state index contributed by atoms with van der Waals surface area (Å²) in [7, 11) is 0. The van der Waals surface area contributed by atoms with Crippen LogP contribution in [0.1, 0.15) is 11.1 Å². The lowest BCUT2D eigenvalue weighted by atomic mass is 10.0. The third kappa shape index (κ3) is 3.79. The maximum absolute atomic E-state index is 12.9. The van der Waals surface area contributed by atoms with E-state index in [0.29, 0.717) is 23.4 Å². The van der Waals surface area contributed by atoms with Gasteiger partial charge in [-0.2, -0.15) is 31.4 Å². The first-order valence-electron chi connectivity index (χ1n) is 6.98. The van der Waals surface area contributed by atoms with Gasteiger partial charge in [0.1, 0.15) is 6.20 Å². The Balaban J connectivity index is 2.06. The Morgan fingerprint density at radius 1 is 0.731 bits per heavy atom. The molecule has 2 heterocycles. The van der Waals surface area contributed by atoms with Crippen molar-refractivity contribution in [1.82, 2.24) is 20.4 Å². The second-order valence-electron chi connectivity index (χ2n) is 5.16. The fraction of sp³-hybridized carbons (Fsp3) is 0.125. The highest BCUT2D eigenvalue weighted by molar-refractivity contribution is 5.64. The maximum Gasteiger partial charge on any atom is 0.416 e. The molecule has 0 N–H and O–H groups in total. The lowest BCUT2D eigenvalue weighted by molar-refractivity contribution is -0.143. The number of halogens is 6. The van der Waals surface area contributed by atoms with Crippen LogP contribution in [-0.4, -0.2) is 20.4 Å². The highest BCUT2D eigenvalue weighted by atomic mass is 19.4. The number of alkyl halides is 6. The average Bonchev–Trinajstić information content (AvgIpc) is 2.61. The molecule has 10 heteroatoms. The van der Waals surface area contributed by atoms with E-state index in [-0.39, 0.29) is 17.3 Å². The average molecular weight is 369 g/mol. The number of rotatable bonds is 2. The van der Waals surface area contributed by atoms with E-state index in [1.54, 1.807) is 0 Å². The molecule has 4 nitrogen and oxygen atoms in total. The molecule has 0 atom stereocenters. The molecule has 133 valence electrons. The molecule has 3 rings (SSSR count). The Morgan fingerprint density at radius 2 is 1.31 bits per heavy atom. The van der Waals surface area contributed by atoms with Crippen molar-refractivity contribution in [3.8, 4) is 22.5 Å². The molecule has 0 fully saturated rings. The molecule has 0 saturated heterocycles. The van der Waals surface area contributed by atoms with Crippen LogP contribution in [0.4, 0.5) is 26.3 Å². The topological polar surface area (TPSA) is 51.6 Å². The van der Waals surface area contributed by atoms with Crippen LogP contribution >= 0.6 is 0 Å². The molecule has 0 unspecified atom stereocenters. The summed E-state index contributed by atoms with van der Waals surface area (Å²) in [6.45, 7) is 0. The summed E-state index contributed by atoms with van der Waals surface area (Å²) in [5.74, 6) is 0.